The van der Waals surface area contributed by atoms with Crippen molar-refractivity contribution in [1.82, 2.24) is 19.1 Å². The number of carbonyl (C=O) groups is 1. The molecular formula is C14H20N4O3S. The van der Waals surface area contributed by atoms with Gasteiger partial charge in [0.1, 0.15) is 5.78 Å². The molecule has 0 bridgehead atoms. The highest BCUT2D eigenvalue weighted by Gasteiger charge is 2.18. The van der Waals surface area contributed by atoms with Crippen LogP contribution in [0.4, 0.5) is 0 Å². The minimum absolute atomic E-state index is 0.0373. The van der Waals surface area contributed by atoms with Gasteiger partial charge in [0.15, 0.2) is 16.3 Å². The van der Waals surface area contributed by atoms with Crippen LogP contribution < -0.4 is 11.2 Å². The Balaban J connectivity index is 2.61. The highest BCUT2D eigenvalue weighted by atomic mass is 32.2. The second kappa shape index (κ2) is 6.51. The van der Waals surface area contributed by atoms with E-state index in [0.29, 0.717) is 28.8 Å². The number of aryl methyl sites for hydroxylation is 2. The summed E-state index contributed by atoms with van der Waals surface area (Å²) < 4.78 is 3.13. The van der Waals surface area contributed by atoms with Gasteiger partial charge in [0.2, 0.25) is 0 Å². The van der Waals surface area contributed by atoms with E-state index in [9.17, 15) is 14.4 Å². The Morgan fingerprint density at radius 1 is 1.36 bits per heavy atom. The summed E-state index contributed by atoms with van der Waals surface area (Å²) >= 11 is 1.29. The Kier molecular flexibility index (Phi) is 4.90. The molecule has 2 heterocycles. The molecule has 0 aliphatic carbocycles. The first-order valence-electron chi connectivity index (χ1n) is 7.13. The highest BCUT2D eigenvalue weighted by Crippen LogP contribution is 2.22. The third kappa shape index (κ3) is 3.32. The number of imidazole rings is 1. The van der Waals surface area contributed by atoms with Crippen LogP contribution >= 0.6 is 11.8 Å². The summed E-state index contributed by atoms with van der Waals surface area (Å²) in [5, 5.41) is 0.595. The van der Waals surface area contributed by atoms with Crippen LogP contribution in [0.25, 0.3) is 11.2 Å². The number of rotatable bonds is 6. The second-order valence-electron chi connectivity index (χ2n) is 5.71. The molecule has 0 fully saturated rings. The van der Waals surface area contributed by atoms with Crippen LogP contribution in [-0.4, -0.2) is 30.6 Å². The van der Waals surface area contributed by atoms with Gasteiger partial charge < -0.3 is 4.57 Å². The number of nitrogens with one attached hydrogen (secondary N) is 1. The minimum atomic E-state index is -0.492. The molecule has 0 radical (unpaired) electrons. The van der Waals surface area contributed by atoms with Gasteiger partial charge in [-0.3, -0.25) is 19.1 Å². The number of hydrogen-bond acceptors (Lipinski definition) is 5. The van der Waals surface area contributed by atoms with Crippen molar-refractivity contribution in [1.29, 1.82) is 0 Å². The van der Waals surface area contributed by atoms with Gasteiger partial charge >= 0.3 is 5.69 Å². The third-order valence-corrected chi connectivity index (χ3v) is 4.43. The van der Waals surface area contributed by atoms with Crippen molar-refractivity contribution in [2.45, 2.75) is 38.9 Å². The molecule has 0 saturated carbocycles. The Labute approximate surface area is 131 Å². The van der Waals surface area contributed by atoms with Crippen LogP contribution in [0.2, 0.25) is 0 Å². The zero-order valence-corrected chi connectivity index (χ0v) is 14.0. The van der Waals surface area contributed by atoms with E-state index in [2.05, 4.69) is 23.8 Å². The average molecular weight is 324 g/mol. The fourth-order valence-electron chi connectivity index (χ4n) is 2.09. The summed E-state index contributed by atoms with van der Waals surface area (Å²) in [5.41, 5.74) is -0.199. The molecule has 120 valence electrons. The number of aromatic amines is 1. The van der Waals surface area contributed by atoms with Gasteiger partial charge in [-0.2, -0.15) is 0 Å². The number of Topliss-reactive ketones (excluding diaryl/α,β-unsaturated/α-hetero) is 1. The summed E-state index contributed by atoms with van der Waals surface area (Å²) in [6.07, 6.45) is 0.876. The fraction of sp³-hybridized carbons (Fsp3) is 0.571. The molecule has 2 aromatic heterocycles. The number of H-pyrrole nitrogens is 1. The Bertz CT molecular complexity index is 816. The highest BCUT2D eigenvalue weighted by molar-refractivity contribution is 7.99. The number of carbonyl (C=O) groups excluding carboxylic acids is 1. The number of thioether (sulfide) groups is 1. The van der Waals surface area contributed by atoms with E-state index in [1.165, 1.54) is 23.3 Å². The molecule has 0 aliphatic heterocycles. The lowest BCUT2D eigenvalue weighted by Crippen LogP contribution is -2.29. The van der Waals surface area contributed by atoms with E-state index in [0.717, 1.165) is 6.42 Å². The normalized spacial score (nSPS) is 11.5. The summed E-state index contributed by atoms with van der Waals surface area (Å²) in [6, 6.07) is 0. The first-order valence-corrected chi connectivity index (χ1v) is 8.11. The number of fused-ring (bicyclic) bond motifs is 1. The number of ketones is 1. The van der Waals surface area contributed by atoms with Crippen molar-refractivity contribution in [3.63, 3.8) is 0 Å². The van der Waals surface area contributed by atoms with Gasteiger partial charge in [-0.1, -0.05) is 25.6 Å². The van der Waals surface area contributed by atoms with Crippen LogP contribution in [0, 0.1) is 5.92 Å². The first kappa shape index (κ1) is 16.5. The monoisotopic (exact) mass is 324 g/mol. The van der Waals surface area contributed by atoms with Gasteiger partial charge in [-0.15, -0.1) is 0 Å². The predicted molar refractivity (Wildman–Crippen MR) is 86.5 cm³/mol. The van der Waals surface area contributed by atoms with E-state index < -0.39 is 11.2 Å². The van der Waals surface area contributed by atoms with Gasteiger partial charge in [0, 0.05) is 13.6 Å². The van der Waals surface area contributed by atoms with E-state index in [1.807, 2.05) is 0 Å². The van der Waals surface area contributed by atoms with E-state index >= 15 is 0 Å². The van der Waals surface area contributed by atoms with Gasteiger partial charge in [0.05, 0.1) is 5.75 Å². The SMILES string of the molecule is CC(=O)CSc1nc2c(c(=O)[nH]c(=O)n2C)n1CCC(C)C. The van der Waals surface area contributed by atoms with E-state index in [4.69, 9.17) is 0 Å². The molecule has 0 unspecified atom stereocenters. The molecular weight excluding hydrogens is 304 g/mol. The molecule has 2 rings (SSSR count). The van der Waals surface area contributed by atoms with Crippen molar-refractivity contribution in [2.75, 3.05) is 5.75 Å². The second-order valence-corrected chi connectivity index (χ2v) is 6.65. The summed E-state index contributed by atoms with van der Waals surface area (Å²) in [4.78, 5) is 41.8. The van der Waals surface area contributed by atoms with Gasteiger partial charge in [-0.05, 0) is 19.3 Å². The molecule has 0 amide bonds. The maximum Gasteiger partial charge on any atom is 0.329 e. The van der Waals surface area contributed by atoms with E-state index in [-0.39, 0.29) is 11.5 Å². The van der Waals surface area contributed by atoms with Gasteiger partial charge in [0.25, 0.3) is 5.56 Å². The number of hydrogen-bond donors (Lipinski definition) is 1. The van der Waals surface area contributed by atoms with Crippen molar-refractivity contribution in [2.24, 2.45) is 13.0 Å². The van der Waals surface area contributed by atoms with Crippen molar-refractivity contribution in [3.05, 3.63) is 20.8 Å². The maximum absolute atomic E-state index is 12.2. The first-order chi connectivity index (χ1) is 10.3. The predicted octanol–water partition coefficient (Wildman–Crippen LogP) is 1.15. The quantitative estimate of drug-likeness (QED) is 0.805. The topological polar surface area (TPSA) is 89.8 Å². The zero-order chi connectivity index (χ0) is 16.4. The molecule has 2 aromatic rings. The lowest BCUT2D eigenvalue weighted by Gasteiger charge is -2.09. The van der Waals surface area contributed by atoms with Crippen LogP contribution in [0.3, 0.4) is 0 Å². The molecule has 7 nitrogen and oxygen atoms in total. The molecule has 22 heavy (non-hydrogen) atoms. The Morgan fingerprint density at radius 2 is 2.05 bits per heavy atom. The molecule has 8 heteroatoms. The molecule has 0 spiro atoms. The molecule has 0 aliphatic rings. The summed E-state index contributed by atoms with van der Waals surface area (Å²) in [5.74, 6) is 0.793. The lowest BCUT2D eigenvalue weighted by atomic mass is 10.1. The van der Waals surface area contributed by atoms with Crippen LogP contribution in [0.15, 0.2) is 14.7 Å². The van der Waals surface area contributed by atoms with Gasteiger partial charge in [-0.25, -0.2) is 9.78 Å². The smallest absolute Gasteiger partial charge is 0.313 e. The lowest BCUT2D eigenvalue weighted by molar-refractivity contribution is -0.114. The number of nitrogens with zero attached hydrogens (tertiary/aromatic N) is 3. The third-order valence-electron chi connectivity index (χ3n) is 3.31. The molecule has 0 saturated heterocycles. The molecule has 0 aromatic carbocycles. The van der Waals surface area contributed by atoms with E-state index in [1.54, 1.807) is 11.6 Å². The largest absolute Gasteiger partial charge is 0.329 e. The van der Waals surface area contributed by atoms with Crippen LogP contribution in [-0.2, 0) is 18.4 Å². The Morgan fingerprint density at radius 3 is 2.64 bits per heavy atom. The van der Waals surface area contributed by atoms with Crippen LogP contribution in [0.1, 0.15) is 27.2 Å². The minimum Gasteiger partial charge on any atom is -0.313 e. The van der Waals surface area contributed by atoms with Crippen molar-refractivity contribution < 1.29 is 4.79 Å². The zero-order valence-electron chi connectivity index (χ0n) is 13.2. The standard InChI is InChI=1S/C14H20N4O3S/c1-8(2)5-6-18-10-11(15-14(18)22-7-9(3)19)17(4)13(21)16-12(10)20/h8H,5-7H2,1-4H3,(H,16,20,21). The average Bonchev–Trinajstić information content (AvgIpc) is 2.79. The van der Waals surface area contributed by atoms with Crippen molar-refractivity contribution >= 4 is 28.7 Å². The van der Waals surface area contributed by atoms with Crippen molar-refractivity contribution in [3.8, 4) is 0 Å². The Hall–Kier alpha value is -1.83. The maximum atomic E-state index is 12.2. The van der Waals surface area contributed by atoms with Crippen LogP contribution in [0.5, 0.6) is 0 Å². The molecule has 1 N–H and O–H groups in total. The fourth-order valence-corrected chi connectivity index (χ4v) is 2.91. The molecule has 0 atom stereocenters. The summed E-state index contributed by atoms with van der Waals surface area (Å²) in [7, 11) is 1.57. The summed E-state index contributed by atoms with van der Waals surface area (Å²) in [6.45, 7) is 6.33. The number of aromatic nitrogens is 4.